The maximum Gasteiger partial charge on any atom is 0.241 e. The summed E-state index contributed by atoms with van der Waals surface area (Å²) in [5.41, 5.74) is -0.527. The molecule has 3 aromatic carbocycles. The Labute approximate surface area is 216 Å². The predicted molar refractivity (Wildman–Crippen MR) is 133 cm³/mol. The molecule has 37 heavy (non-hydrogen) atoms. The zero-order valence-corrected chi connectivity index (χ0v) is 20.2. The molecule has 1 spiro atoms. The highest BCUT2D eigenvalue weighted by atomic mass is 35.5. The number of imide groups is 1. The molecule has 3 atom stereocenters. The first kappa shape index (κ1) is 23.3. The molecule has 2 aliphatic heterocycles. The summed E-state index contributed by atoms with van der Waals surface area (Å²) in [6, 6.07) is 19.1. The SMILES string of the molecule is CC(=O)Nc1ccc(N2C(=O)[C@H]3[C@@H](C2=O)C2(O[C@H]3c3ccc(Cl)cc3)C(=O)c3ccccc3C2=O)cc1. The number of nitrogens with one attached hydrogen (secondary N) is 1. The van der Waals surface area contributed by atoms with Gasteiger partial charge in [0, 0.05) is 28.8 Å². The quantitative estimate of drug-likeness (QED) is 0.418. The van der Waals surface area contributed by atoms with Crippen LogP contribution in [0.3, 0.4) is 0 Å². The summed E-state index contributed by atoms with van der Waals surface area (Å²) in [6.45, 7) is 1.37. The second-order valence-corrected chi connectivity index (χ2v) is 9.71. The number of ether oxygens (including phenoxy) is 1. The standard InChI is InChI=1S/C28H19ClN2O6/c1-14(32)30-17-10-12-18(13-11-17)31-26(35)21-22(27(31)36)28(37-23(21)15-6-8-16(29)9-7-15)24(33)19-4-2-3-5-20(19)25(28)34/h2-13,21-23H,1H3,(H,30,32)/t21-,22-,23-/m0/s1. The van der Waals surface area contributed by atoms with E-state index in [-0.39, 0.29) is 22.7 Å². The fourth-order valence-electron chi connectivity index (χ4n) is 5.62. The molecule has 9 heteroatoms. The van der Waals surface area contributed by atoms with Gasteiger partial charge in [-0.05, 0) is 42.0 Å². The number of rotatable bonds is 3. The lowest BCUT2D eigenvalue weighted by Crippen LogP contribution is -2.51. The molecule has 184 valence electrons. The molecule has 3 amide bonds. The van der Waals surface area contributed by atoms with Crippen molar-refractivity contribution in [2.24, 2.45) is 11.8 Å². The monoisotopic (exact) mass is 514 g/mol. The van der Waals surface area contributed by atoms with Crippen LogP contribution in [0.1, 0.15) is 39.3 Å². The summed E-state index contributed by atoms with van der Waals surface area (Å²) in [4.78, 5) is 67.7. The molecule has 2 saturated heterocycles. The van der Waals surface area contributed by atoms with Gasteiger partial charge in [-0.1, -0.05) is 48.0 Å². The van der Waals surface area contributed by atoms with Crippen molar-refractivity contribution < 1.29 is 28.7 Å². The van der Waals surface area contributed by atoms with Gasteiger partial charge in [-0.25, -0.2) is 4.90 Å². The highest BCUT2D eigenvalue weighted by Crippen LogP contribution is 2.57. The Morgan fingerprint density at radius 3 is 2.03 bits per heavy atom. The minimum atomic E-state index is -2.14. The van der Waals surface area contributed by atoms with E-state index in [0.717, 1.165) is 4.90 Å². The molecule has 3 aromatic rings. The van der Waals surface area contributed by atoms with Gasteiger partial charge in [0.05, 0.1) is 23.6 Å². The zero-order chi connectivity index (χ0) is 26.1. The molecule has 1 N–H and O–H groups in total. The van der Waals surface area contributed by atoms with Crippen LogP contribution in [0.25, 0.3) is 0 Å². The summed E-state index contributed by atoms with van der Waals surface area (Å²) < 4.78 is 6.24. The Balaban J connectivity index is 1.48. The van der Waals surface area contributed by atoms with Gasteiger partial charge in [0.25, 0.3) is 0 Å². The lowest BCUT2D eigenvalue weighted by Gasteiger charge is -2.27. The molecule has 0 bridgehead atoms. The fraction of sp³-hybridized carbons (Fsp3) is 0.179. The molecule has 8 nitrogen and oxygen atoms in total. The summed E-state index contributed by atoms with van der Waals surface area (Å²) in [6.07, 6.45) is -1.02. The topological polar surface area (TPSA) is 110 Å². The van der Waals surface area contributed by atoms with E-state index in [1.165, 1.54) is 31.2 Å². The first-order chi connectivity index (χ1) is 17.7. The minimum Gasteiger partial charge on any atom is -0.349 e. The average molecular weight is 515 g/mol. The first-order valence-electron chi connectivity index (χ1n) is 11.6. The molecule has 0 radical (unpaired) electrons. The van der Waals surface area contributed by atoms with Crippen molar-refractivity contribution in [1.82, 2.24) is 0 Å². The van der Waals surface area contributed by atoms with Gasteiger partial charge in [0.2, 0.25) is 34.9 Å². The maximum atomic E-state index is 13.9. The number of amides is 3. The van der Waals surface area contributed by atoms with E-state index in [1.54, 1.807) is 48.5 Å². The van der Waals surface area contributed by atoms with Gasteiger partial charge in [0.1, 0.15) is 0 Å². The summed E-state index contributed by atoms with van der Waals surface area (Å²) >= 11 is 6.05. The lowest BCUT2D eigenvalue weighted by atomic mass is 9.77. The van der Waals surface area contributed by atoms with Crippen LogP contribution in [-0.4, -0.2) is 34.9 Å². The van der Waals surface area contributed by atoms with Gasteiger partial charge in [-0.3, -0.25) is 24.0 Å². The van der Waals surface area contributed by atoms with Crippen LogP contribution in [0.15, 0.2) is 72.8 Å². The van der Waals surface area contributed by atoms with Gasteiger partial charge in [-0.2, -0.15) is 0 Å². The van der Waals surface area contributed by atoms with Crippen LogP contribution in [0, 0.1) is 11.8 Å². The number of carbonyl (C=O) groups excluding carboxylic acids is 5. The number of carbonyl (C=O) groups is 5. The van der Waals surface area contributed by atoms with E-state index in [4.69, 9.17) is 16.3 Å². The van der Waals surface area contributed by atoms with Crippen molar-refractivity contribution in [2.75, 3.05) is 10.2 Å². The van der Waals surface area contributed by atoms with Crippen LogP contribution in [0.2, 0.25) is 5.02 Å². The molecule has 6 rings (SSSR count). The number of Topliss-reactive ketones (excluding diaryl/α,β-unsaturated/α-hetero) is 2. The van der Waals surface area contributed by atoms with Crippen molar-refractivity contribution in [3.8, 4) is 0 Å². The Hall–Kier alpha value is -4.14. The number of halogens is 1. The zero-order valence-electron chi connectivity index (χ0n) is 19.4. The second kappa shape index (κ2) is 8.19. The van der Waals surface area contributed by atoms with E-state index < -0.39 is 46.9 Å². The van der Waals surface area contributed by atoms with E-state index in [1.807, 2.05) is 0 Å². The van der Waals surface area contributed by atoms with Crippen LogP contribution in [0.4, 0.5) is 11.4 Å². The van der Waals surface area contributed by atoms with E-state index in [9.17, 15) is 24.0 Å². The number of ketones is 2. The van der Waals surface area contributed by atoms with Crippen molar-refractivity contribution >= 4 is 52.3 Å². The van der Waals surface area contributed by atoms with Crippen LogP contribution < -0.4 is 10.2 Å². The second-order valence-electron chi connectivity index (χ2n) is 9.27. The van der Waals surface area contributed by atoms with Crippen LogP contribution in [0.5, 0.6) is 0 Å². The number of fused-ring (bicyclic) bond motifs is 3. The minimum absolute atomic E-state index is 0.168. The third-order valence-corrected chi connectivity index (χ3v) is 7.42. The normalized spacial score (nSPS) is 23.5. The molecular weight excluding hydrogens is 496 g/mol. The predicted octanol–water partition coefficient (Wildman–Crippen LogP) is 3.99. The molecule has 0 unspecified atom stereocenters. The third kappa shape index (κ3) is 3.22. The number of hydrogen-bond acceptors (Lipinski definition) is 6. The molecule has 0 saturated carbocycles. The van der Waals surface area contributed by atoms with Gasteiger partial charge < -0.3 is 10.1 Å². The van der Waals surface area contributed by atoms with Crippen molar-refractivity contribution in [3.63, 3.8) is 0 Å². The first-order valence-corrected chi connectivity index (χ1v) is 12.0. The van der Waals surface area contributed by atoms with Gasteiger partial charge in [-0.15, -0.1) is 0 Å². The van der Waals surface area contributed by atoms with Crippen LogP contribution in [-0.2, 0) is 19.1 Å². The number of hydrogen-bond donors (Lipinski definition) is 1. The maximum absolute atomic E-state index is 13.9. The van der Waals surface area contributed by atoms with Crippen LogP contribution >= 0.6 is 11.6 Å². The van der Waals surface area contributed by atoms with Gasteiger partial charge >= 0.3 is 0 Å². The third-order valence-electron chi connectivity index (χ3n) is 7.16. The Morgan fingerprint density at radius 1 is 0.865 bits per heavy atom. The summed E-state index contributed by atoms with van der Waals surface area (Å²) in [7, 11) is 0. The number of nitrogens with zero attached hydrogens (tertiary/aromatic N) is 1. The van der Waals surface area contributed by atoms with Crippen molar-refractivity contribution in [1.29, 1.82) is 0 Å². The van der Waals surface area contributed by atoms with E-state index in [0.29, 0.717) is 16.3 Å². The fourth-order valence-corrected chi connectivity index (χ4v) is 5.75. The lowest BCUT2D eigenvalue weighted by molar-refractivity contribution is -0.127. The molecule has 3 aliphatic rings. The number of anilines is 2. The smallest absolute Gasteiger partial charge is 0.241 e. The van der Waals surface area contributed by atoms with E-state index in [2.05, 4.69) is 5.32 Å². The average Bonchev–Trinajstić information content (AvgIpc) is 3.45. The molecule has 2 fully saturated rings. The highest BCUT2D eigenvalue weighted by molar-refractivity contribution is 6.37. The Kier molecular flexibility index (Phi) is 5.15. The van der Waals surface area contributed by atoms with E-state index >= 15 is 0 Å². The Morgan fingerprint density at radius 2 is 1.46 bits per heavy atom. The summed E-state index contributed by atoms with van der Waals surface area (Å²) in [5.74, 6) is -5.22. The molecular formula is C28H19ClN2O6. The molecule has 1 aliphatic carbocycles. The van der Waals surface area contributed by atoms with Gasteiger partial charge in [0.15, 0.2) is 0 Å². The Bertz CT molecular complexity index is 1480. The number of benzene rings is 3. The molecule has 2 heterocycles. The summed E-state index contributed by atoms with van der Waals surface area (Å²) in [5, 5.41) is 3.09. The highest BCUT2D eigenvalue weighted by Gasteiger charge is 2.74. The molecule has 0 aromatic heterocycles. The van der Waals surface area contributed by atoms with Crippen molar-refractivity contribution in [2.45, 2.75) is 18.6 Å². The van der Waals surface area contributed by atoms with Crippen molar-refractivity contribution in [3.05, 3.63) is 94.5 Å². The largest absolute Gasteiger partial charge is 0.349 e.